The van der Waals surface area contributed by atoms with E-state index in [0.29, 0.717) is 23.6 Å². The number of phenolic OH excluding ortho intramolecular Hbond substituents is 2. The van der Waals surface area contributed by atoms with Crippen molar-refractivity contribution in [1.82, 2.24) is 0 Å². The lowest BCUT2D eigenvalue weighted by molar-refractivity contribution is 0.473. The van der Waals surface area contributed by atoms with Crippen molar-refractivity contribution in [3.05, 3.63) is 87.9 Å². The highest BCUT2D eigenvalue weighted by Gasteiger charge is 2.08. The average Bonchev–Trinajstić information content (AvgIpc) is 2.70. The van der Waals surface area contributed by atoms with Gasteiger partial charge in [-0.2, -0.15) is 0 Å². The highest BCUT2D eigenvalue weighted by Crippen LogP contribution is 2.31. The number of hydrogen-bond donors (Lipinski definition) is 2. The van der Waals surface area contributed by atoms with Crippen LogP contribution >= 0.6 is 11.6 Å². The van der Waals surface area contributed by atoms with Gasteiger partial charge in [0.15, 0.2) is 0 Å². The summed E-state index contributed by atoms with van der Waals surface area (Å²) in [6.45, 7) is 4.27. The van der Waals surface area contributed by atoms with Gasteiger partial charge in [-0.1, -0.05) is 55.8 Å². The predicted octanol–water partition coefficient (Wildman–Crippen LogP) is 6.61. The summed E-state index contributed by atoms with van der Waals surface area (Å²) >= 11 is 6.25. The Bertz CT molecular complexity index is 998. The van der Waals surface area contributed by atoms with Crippen molar-refractivity contribution in [3.63, 3.8) is 0 Å². The molecule has 0 aliphatic rings. The molecule has 144 valence electrons. The fourth-order valence-electron chi connectivity index (χ4n) is 3.00. The number of nitrogens with zero attached hydrogens (tertiary/aromatic N) is 1. The van der Waals surface area contributed by atoms with E-state index < -0.39 is 0 Å². The molecule has 3 rings (SSSR count). The summed E-state index contributed by atoms with van der Waals surface area (Å²) in [4.78, 5) is 4.42. The number of phenols is 2. The highest BCUT2D eigenvalue weighted by molar-refractivity contribution is 6.31. The summed E-state index contributed by atoms with van der Waals surface area (Å²) in [6.07, 6.45) is 3.26. The molecule has 0 radical (unpaired) electrons. The van der Waals surface area contributed by atoms with Crippen molar-refractivity contribution in [3.8, 4) is 11.5 Å². The zero-order valence-corrected chi connectivity index (χ0v) is 16.8. The van der Waals surface area contributed by atoms with Crippen molar-refractivity contribution < 1.29 is 10.2 Å². The number of aliphatic imine (C=N–C) groups is 1. The van der Waals surface area contributed by atoms with Gasteiger partial charge in [-0.05, 0) is 65.8 Å². The van der Waals surface area contributed by atoms with E-state index in [1.807, 2.05) is 48.5 Å². The summed E-state index contributed by atoms with van der Waals surface area (Å²) in [7, 11) is 0. The van der Waals surface area contributed by atoms with Crippen LogP contribution in [-0.2, 0) is 6.42 Å². The minimum atomic E-state index is 0.120. The standard InChI is InChI=1S/C24H24ClNO2/c1-3-16(2)18-9-11-24(28)22(14-18)26-15-20-13-17(8-10-23(20)27)12-19-6-4-5-7-21(19)25/h4-11,13-16,27-28H,3,12H2,1-2H3. The van der Waals surface area contributed by atoms with Crippen LogP contribution in [0.5, 0.6) is 11.5 Å². The maximum Gasteiger partial charge on any atom is 0.141 e. The SMILES string of the molecule is CCC(C)c1ccc(O)c(N=Cc2cc(Cc3ccccc3Cl)ccc2O)c1. The molecule has 2 N–H and O–H groups in total. The molecule has 0 spiro atoms. The monoisotopic (exact) mass is 393 g/mol. The lowest BCUT2D eigenvalue weighted by atomic mass is 9.98. The van der Waals surface area contributed by atoms with E-state index >= 15 is 0 Å². The summed E-state index contributed by atoms with van der Waals surface area (Å²) in [5.41, 5.74) is 4.26. The summed E-state index contributed by atoms with van der Waals surface area (Å²) < 4.78 is 0. The van der Waals surface area contributed by atoms with Gasteiger partial charge in [-0.15, -0.1) is 0 Å². The van der Waals surface area contributed by atoms with Gasteiger partial charge in [0, 0.05) is 16.8 Å². The Kier molecular flexibility index (Phi) is 6.37. The van der Waals surface area contributed by atoms with Crippen molar-refractivity contribution >= 4 is 23.5 Å². The Balaban J connectivity index is 1.87. The topological polar surface area (TPSA) is 52.8 Å². The van der Waals surface area contributed by atoms with E-state index in [9.17, 15) is 10.2 Å². The molecule has 0 aliphatic carbocycles. The quantitative estimate of drug-likeness (QED) is 0.463. The highest BCUT2D eigenvalue weighted by atomic mass is 35.5. The molecule has 0 aliphatic heterocycles. The van der Waals surface area contributed by atoms with E-state index in [-0.39, 0.29) is 11.5 Å². The third-order valence-electron chi connectivity index (χ3n) is 4.97. The fourth-order valence-corrected chi connectivity index (χ4v) is 3.21. The summed E-state index contributed by atoms with van der Waals surface area (Å²) in [5.74, 6) is 0.654. The van der Waals surface area contributed by atoms with Crippen LogP contribution in [-0.4, -0.2) is 16.4 Å². The van der Waals surface area contributed by atoms with Gasteiger partial charge < -0.3 is 10.2 Å². The molecule has 28 heavy (non-hydrogen) atoms. The van der Waals surface area contributed by atoms with E-state index in [0.717, 1.165) is 28.1 Å². The van der Waals surface area contributed by atoms with Crippen molar-refractivity contribution in [2.24, 2.45) is 4.99 Å². The van der Waals surface area contributed by atoms with E-state index in [1.54, 1.807) is 18.3 Å². The molecule has 0 bridgehead atoms. The first-order valence-corrected chi connectivity index (χ1v) is 9.78. The molecule has 3 nitrogen and oxygen atoms in total. The average molecular weight is 394 g/mol. The van der Waals surface area contributed by atoms with Gasteiger partial charge in [0.1, 0.15) is 17.2 Å². The molecule has 0 aromatic heterocycles. The van der Waals surface area contributed by atoms with Gasteiger partial charge in [0.05, 0.1) is 0 Å². The smallest absolute Gasteiger partial charge is 0.141 e. The van der Waals surface area contributed by atoms with Crippen LogP contribution in [0, 0.1) is 0 Å². The van der Waals surface area contributed by atoms with Crippen LogP contribution in [0.25, 0.3) is 0 Å². The van der Waals surface area contributed by atoms with E-state index in [4.69, 9.17) is 11.6 Å². The molecule has 3 aromatic carbocycles. The molecule has 0 saturated carbocycles. The molecule has 0 heterocycles. The van der Waals surface area contributed by atoms with Gasteiger partial charge >= 0.3 is 0 Å². The Labute approximate surface area is 171 Å². The number of rotatable bonds is 6. The number of benzene rings is 3. The van der Waals surface area contributed by atoms with Gasteiger partial charge in [-0.3, -0.25) is 4.99 Å². The third-order valence-corrected chi connectivity index (χ3v) is 5.34. The predicted molar refractivity (Wildman–Crippen MR) is 116 cm³/mol. The second-order valence-corrected chi connectivity index (χ2v) is 7.38. The Morgan fingerprint density at radius 3 is 2.50 bits per heavy atom. The Morgan fingerprint density at radius 1 is 1.00 bits per heavy atom. The van der Waals surface area contributed by atoms with Crippen molar-refractivity contribution in [1.29, 1.82) is 0 Å². The second kappa shape index (κ2) is 8.94. The van der Waals surface area contributed by atoms with Crippen LogP contribution in [0.1, 0.15) is 48.4 Å². The Morgan fingerprint density at radius 2 is 1.75 bits per heavy atom. The molecule has 1 atom stereocenters. The van der Waals surface area contributed by atoms with Crippen LogP contribution in [0.15, 0.2) is 65.7 Å². The maximum absolute atomic E-state index is 10.2. The largest absolute Gasteiger partial charge is 0.507 e. The zero-order chi connectivity index (χ0) is 20.1. The van der Waals surface area contributed by atoms with E-state index in [2.05, 4.69) is 18.8 Å². The normalized spacial score (nSPS) is 12.4. The maximum atomic E-state index is 10.2. The molecule has 0 fully saturated rings. The van der Waals surface area contributed by atoms with Crippen molar-refractivity contribution in [2.45, 2.75) is 32.6 Å². The summed E-state index contributed by atoms with van der Waals surface area (Å²) in [5, 5.41) is 21.0. The van der Waals surface area contributed by atoms with Gasteiger partial charge in [0.25, 0.3) is 0 Å². The van der Waals surface area contributed by atoms with E-state index in [1.165, 1.54) is 0 Å². The molecular weight excluding hydrogens is 370 g/mol. The van der Waals surface area contributed by atoms with Crippen LogP contribution in [0.3, 0.4) is 0 Å². The first kappa shape index (κ1) is 20.0. The first-order valence-electron chi connectivity index (χ1n) is 9.40. The summed E-state index contributed by atoms with van der Waals surface area (Å²) in [6, 6.07) is 18.6. The zero-order valence-electron chi connectivity index (χ0n) is 16.1. The third kappa shape index (κ3) is 4.73. The minimum Gasteiger partial charge on any atom is -0.507 e. The van der Waals surface area contributed by atoms with Crippen LogP contribution < -0.4 is 0 Å². The van der Waals surface area contributed by atoms with Crippen molar-refractivity contribution in [2.75, 3.05) is 0 Å². The number of halogens is 1. The Hall–Kier alpha value is -2.78. The molecule has 0 saturated heterocycles. The van der Waals surface area contributed by atoms with Crippen LogP contribution in [0.2, 0.25) is 5.02 Å². The lowest BCUT2D eigenvalue weighted by Gasteiger charge is -2.10. The molecule has 1 unspecified atom stereocenters. The van der Waals surface area contributed by atoms with Gasteiger partial charge in [-0.25, -0.2) is 0 Å². The molecule has 4 heteroatoms. The second-order valence-electron chi connectivity index (χ2n) is 6.98. The molecule has 0 amide bonds. The minimum absolute atomic E-state index is 0.120. The first-order chi connectivity index (χ1) is 13.5. The number of aromatic hydroxyl groups is 2. The molecular formula is C24H24ClNO2. The lowest BCUT2D eigenvalue weighted by Crippen LogP contribution is -1.92. The van der Waals surface area contributed by atoms with Gasteiger partial charge in [0.2, 0.25) is 0 Å². The number of hydrogen-bond acceptors (Lipinski definition) is 3. The molecule has 3 aromatic rings. The van der Waals surface area contributed by atoms with Crippen LogP contribution in [0.4, 0.5) is 5.69 Å². The fraction of sp³-hybridized carbons (Fsp3) is 0.208.